The highest BCUT2D eigenvalue weighted by Gasteiger charge is 2.17. The molecule has 0 N–H and O–H groups in total. The van der Waals surface area contributed by atoms with Crippen molar-refractivity contribution in [3.05, 3.63) is 40.4 Å². The van der Waals surface area contributed by atoms with Crippen molar-refractivity contribution in [1.82, 2.24) is 4.90 Å². The predicted molar refractivity (Wildman–Crippen MR) is 80.3 cm³/mol. The second kappa shape index (κ2) is 6.74. The van der Waals surface area contributed by atoms with Crippen molar-refractivity contribution in [2.24, 2.45) is 0 Å². The summed E-state index contributed by atoms with van der Waals surface area (Å²) in [6.45, 7) is 8.13. The van der Waals surface area contributed by atoms with E-state index >= 15 is 0 Å². The number of hydrogen-bond acceptors (Lipinski definition) is 1. The number of carbonyl (C=O) groups excluding carboxylic acids is 1. The molecule has 0 bridgehead atoms. The monoisotopic (exact) mass is 309 g/mol. The molecule has 1 aromatic carbocycles. The van der Waals surface area contributed by atoms with E-state index in [1.165, 1.54) is 0 Å². The van der Waals surface area contributed by atoms with Gasteiger partial charge in [0, 0.05) is 22.6 Å². The van der Waals surface area contributed by atoms with Crippen LogP contribution in [0.1, 0.15) is 33.3 Å². The highest BCUT2D eigenvalue weighted by atomic mass is 79.9. The summed E-state index contributed by atoms with van der Waals surface area (Å²) in [5.41, 5.74) is 1.03. The van der Waals surface area contributed by atoms with Gasteiger partial charge in [-0.25, -0.2) is 0 Å². The topological polar surface area (TPSA) is 20.3 Å². The van der Waals surface area contributed by atoms with Crippen LogP contribution < -0.4 is 0 Å². The minimum atomic E-state index is 0.0583. The summed E-state index contributed by atoms with van der Waals surface area (Å²) in [4.78, 5) is 14.0. The third-order valence-corrected chi connectivity index (χ3v) is 3.18. The Balaban J connectivity index is 2.77. The van der Waals surface area contributed by atoms with Crippen LogP contribution in [0.25, 0.3) is 6.08 Å². The Morgan fingerprint density at radius 3 is 2.06 bits per heavy atom. The van der Waals surface area contributed by atoms with Crippen LogP contribution in [0.15, 0.2) is 34.8 Å². The van der Waals surface area contributed by atoms with E-state index in [-0.39, 0.29) is 18.0 Å². The Labute approximate surface area is 118 Å². The van der Waals surface area contributed by atoms with Gasteiger partial charge in [-0.15, -0.1) is 0 Å². The molecule has 1 rings (SSSR count). The highest BCUT2D eigenvalue weighted by Crippen LogP contribution is 2.12. The van der Waals surface area contributed by atoms with Crippen LogP contribution in [0, 0.1) is 0 Å². The van der Waals surface area contributed by atoms with Crippen molar-refractivity contribution in [3.8, 4) is 0 Å². The molecule has 0 radical (unpaired) electrons. The molecule has 2 nitrogen and oxygen atoms in total. The fourth-order valence-electron chi connectivity index (χ4n) is 1.93. The number of nitrogens with zero attached hydrogens (tertiary/aromatic N) is 1. The number of benzene rings is 1. The summed E-state index contributed by atoms with van der Waals surface area (Å²) in [5, 5.41) is 0. The Bertz CT molecular complexity index is 413. The van der Waals surface area contributed by atoms with Gasteiger partial charge in [-0.1, -0.05) is 28.1 Å². The van der Waals surface area contributed by atoms with Crippen molar-refractivity contribution in [2.75, 3.05) is 0 Å². The zero-order valence-electron chi connectivity index (χ0n) is 11.4. The van der Waals surface area contributed by atoms with Gasteiger partial charge < -0.3 is 4.90 Å². The smallest absolute Gasteiger partial charge is 0.247 e. The van der Waals surface area contributed by atoms with Crippen molar-refractivity contribution in [1.29, 1.82) is 0 Å². The van der Waals surface area contributed by atoms with Gasteiger partial charge in [-0.2, -0.15) is 0 Å². The average Bonchev–Trinajstić information content (AvgIpc) is 2.27. The molecule has 0 aliphatic rings. The molecule has 0 saturated carbocycles. The van der Waals surface area contributed by atoms with E-state index in [0.29, 0.717) is 0 Å². The Kier molecular flexibility index (Phi) is 5.60. The molecule has 1 amide bonds. The third kappa shape index (κ3) is 4.30. The Morgan fingerprint density at radius 1 is 1.11 bits per heavy atom. The minimum Gasteiger partial charge on any atom is -0.334 e. The average molecular weight is 310 g/mol. The number of amides is 1. The highest BCUT2D eigenvalue weighted by molar-refractivity contribution is 9.10. The maximum Gasteiger partial charge on any atom is 0.247 e. The first-order valence-corrected chi connectivity index (χ1v) is 6.97. The van der Waals surface area contributed by atoms with Crippen LogP contribution >= 0.6 is 15.9 Å². The molecule has 0 saturated heterocycles. The molecular formula is C15H20BrNO. The van der Waals surface area contributed by atoms with Gasteiger partial charge in [0.15, 0.2) is 0 Å². The second-order valence-electron chi connectivity index (χ2n) is 4.82. The number of hydrogen-bond donors (Lipinski definition) is 0. The molecule has 1 aromatic rings. The number of rotatable bonds is 4. The summed E-state index contributed by atoms with van der Waals surface area (Å²) in [6, 6.07) is 8.31. The molecule has 0 spiro atoms. The molecule has 0 aliphatic carbocycles. The molecule has 0 unspecified atom stereocenters. The van der Waals surface area contributed by atoms with Gasteiger partial charge >= 0.3 is 0 Å². The van der Waals surface area contributed by atoms with Crippen molar-refractivity contribution in [2.45, 2.75) is 39.8 Å². The minimum absolute atomic E-state index is 0.0583. The standard InChI is InChI=1S/C15H20BrNO/c1-11(2)17(12(3)4)15(18)10-7-13-5-8-14(16)9-6-13/h5-12H,1-4H3/b10-7+. The zero-order chi connectivity index (χ0) is 13.7. The van der Waals surface area contributed by atoms with Crippen LogP contribution in [0.2, 0.25) is 0 Å². The molecular weight excluding hydrogens is 290 g/mol. The maximum absolute atomic E-state index is 12.1. The Hall–Kier alpha value is -1.09. The molecule has 0 aliphatic heterocycles. The zero-order valence-corrected chi connectivity index (χ0v) is 12.9. The van der Waals surface area contributed by atoms with Gasteiger partial charge in [-0.05, 0) is 51.5 Å². The van der Waals surface area contributed by atoms with Crippen LogP contribution in [0.4, 0.5) is 0 Å². The lowest BCUT2D eigenvalue weighted by Crippen LogP contribution is -2.41. The lowest BCUT2D eigenvalue weighted by Gasteiger charge is -2.29. The van der Waals surface area contributed by atoms with Crippen molar-refractivity contribution < 1.29 is 4.79 Å². The second-order valence-corrected chi connectivity index (χ2v) is 5.73. The van der Waals surface area contributed by atoms with Gasteiger partial charge in [-0.3, -0.25) is 4.79 Å². The number of carbonyl (C=O) groups is 1. The molecule has 98 valence electrons. The molecule has 0 aromatic heterocycles. The van der Waals surface area contributed by atoms with Crippen LogP contribution in [0.5, 0.6) is 0 Å². The lowest BCUT2D eigenvalue weighted by atomic mass is 10.2. The third-order valence-electron chi connectivity index (χ3n) is 2.66. The lowest BCUT2D eigenvalue weighted by molar-refractivity contribution is -0.129. The molecule has 0 atom stereocenters. The van der Waals surface area contributed by atoms with Gasteiger partial charge in [0.25, 0.3) is 0 Å². The fraction of sp³-hybridized carbons (Fsp3) is 0.400. The fourth-order valence-corrected chi connectivity index (χ4v) is 2.20. The number of halogens is 1. The molecule has 3 heteroatoms. The first-order valence-electron chi connectivity index (χ1n) is 6.17. The van der Waals surface area contributed by atoms with Gasteiger partial charge in [0.2, 0.25) is 5.91 Å². The Morgan fingerprint density at radius 2 is 1.61 bits per heavy atom. The van der Waals surface area contributed by atoms with Crippen LogP contribution in [-0.4, -0.2) is 22.9 Å². The van der Waals surface area contributed by atoms with Crippen LogP contribution in [-0.2, 0) is 4.79 Å². The predicted octanol–water partition coefficient (Wildman–Crippen LogP) is 4.11. The largest absolute Gasteiger partial charge is 0.334 e. The van der Waals surface area contributed by atoms with E-state index in [2.05, 4.69) is 15.9 Å². The molecule has 18 heavy (non-hydrogen) atoms. The first kappa shape index (κ1) is 15.0. The molecule has 0 fully saturated rings. The van der Waals surface area contributed by atoms with Gasteiger partial charge in [0.05, 0.1) is 0 Å². The van der Waals surface area contributed by atoms with E-state index in [1.54, 1.807) is 6.08 Å². The normalized spacial score (nSPS) is 11.5. The van der Waals surface area contributed by atoms with E-state index in [9.17, 15) is 4.79 Å². The van der Waals surface area contributed by atoms with E-state index in [1.807, 2.05) is 62.9 Å². The summed E-state index contributed by atoms with van der Waals surface area (Å²) in [7, 11) is 0. The summed E-state index contributed by atoms with van der Waals surface area (Å²) in [6.07, 6.45) is 3.50. The first-order chi connectivity index (χ1) is 8.41. The van der Waals surface area contributed by atoms with Crippen LogP contribution in [0.3, 0.4) is 0 Å². The van der Waals surface area contributed by atoms with Crippen molar-refractivity contribution >= 4 is 27.9 Å². The van der Waals surface area contributed by atoms with Gasteiger partial charge in [0.1, 0.15) is 0 Å². The SMILES string of the molecule is CC(C)N(C(=O)/C=C/c1ccc(Br)cc1)C(C)C. The summed E-state index contributed by atoms with van der Waals surface area (Å²) >= 11 is 3.39. The maximum atomic E-state index is 12.1. The van der Waals surface area contributed by atoms with E-state index in [0.717, 1.165) is 10.0 Å². The van der Waals surface area contributed by atoms with E-state index < -0.39 is 0 Å². The molecule has 0 heterocycles. The summed E-state index contributed by atoms with van der Waals surface area (Å²) < 4.78 is 1.04. The van der Waals surface area contributed by atoms with E-state index in [4.69, 9.17) is 0 Å². The summed E-state index contributed by atoms with van der Waals surface area (Å²) in [5.74, 6) is 0.0583. The quantitative estimate of drug-likeness (QED) is 0.767. The van der Waals surface area contributed by atoms with Crippen molar-refractivity contribution in [3.63, 3.8) is 0 Å².